The van der Waals surface area contributed by atoms with Crippen molar-refractivity contribution in [1.82, 2.24) is 5.32 Å². The molecule has 3 nitrogen and oxygen atoms in total. The van der Waals surface area contributed by atoms with Crippen LogP contribution in [-0.2, 0) is 4.79 Å². The van der Waals surface area contributed by atoms with Crippen LogP contribution in [0.4, 0.5) is 0 Å². The summed E-state index contributed by atoms with van der Waals surface area (Å²) in [5.74, 6) is 0.0427. The van der Waals surface area contributed by atoms with Crippen molar-refractivity contribution in [3.05, 3.63) is 0 Å². The Kier molecular flexibility index (Phi) is 11.2. The highest BCUT2D eigenvalue weighted by Gasteiger charge is 2.17. The number of nitrogens with two attached hydrogens (primary N) is 1. The van der Waals surface area contributed by atoms with Crippen molar-refractivity contribution in [2.75, 3.05) is 6.54 Å². The molecule has 108 valence electrons. The Hall–Kier alpha value is -0.570. The van der Waals surface area contributed by atoms with Gasteiger partial charge in [0.2, 0.25) is 5.91 Å². The predicted molar refractivity (Wildman–Crippen MR) is 78.4 cm³/mol. The number of rotatable bonds is 12. The van der Waals surface area contributed by atoms with E-state index in [1.54, 1.807) is 0 Å². The van der Waals surface area contributed by atoms with Crippen LogP contribution in [0.3, 0.4) is 0 Å². The highest BCUT2D eigenvalue weighted by Crippen LogP contribution is 2.08. The maximum absolute atomic E-state index is 11.2. The van der Waals surface area contributed by atoms with Crippen LogP contribution in [-0.4, -0.2) is 18.5 Å². The molecule has 0 aromatic heterocycles. The van der Waals surface area contributed by atoms with Crippen molar-refractivity contribution in [2.24, 2.45) is 11.7 Å². The zero-order chi connectivity index (χ0) is 13.8. The summed E-state index contributed by atoms with van der Waals surface area (Å²) in [5, 5.41) is 3.26. The lowest BCUT2D eigenvalue weighted by Gasteiger charge is -2.18. The summed E-state index contributed by atoms with van der Waals surface area (Å²) in [5.41, 5.74) is 5.35. The molecule has 0 fully saturated rings. The molecule has 1 amide bonds. The Bertz CT molecular complexity index is 205. The van der Waals surface area contributed by atoms with E-state index in [1.807, 2.05) is 13.8 Å². The highest BCUT2D eigenvalue weighted by molar-refractivity contribution is 5.80. The molecular weight excluding hydrogens is 224 g/mol. The molecule has 0 aromatic carbocycles. The second kappa shape index (κ2) is 11.5. The molecule has 0 heterocycles. The van der Waals surface area contributed by atoms with Crippen LogP contribution >= 0.6 is 0 Å². The minimum absolute atomic E-state index is 0.172. The second-order valence-electron chi connectivity index (χ2n) is 5.55. The molecule has 1 atom stereocenters. The standard InChI is InChI=1S/C15H32N2O/c1-4-5-6-7-8-9-10-11-12-17-14(13(2)3)15(16)18/h13-14,17H,4-12H2,1-3H3,(H2,16,18). The summed E-state index contributed by atoms with van der Waals surface area (Å²) >= 11 is 0. The molecule has 0 radical (unpaired) electrons. The fourth-order valence-electron chi connectivity index (χ4n) is 2.18. The number of hydrogen-bond acceptors (Lipinski definition) is 2. The van der Waals surface area contributed by atoms with Crippen LogP contribution in [0.25, 0.3) is 0 Å². The van der Waals surface area contributed by atoms with Crippen molar-refractivity contribution < 1.29 is 4.79 Å². The number of amides is 1. The van der Waals surface area contributed by atoms with E-state index in [0.29, 0.717) is 0 Å². The SMILES string of the molecule is CCCCCCCCCCNC(C(N)=O)C(C)C. The smallest absolute Gasteiger partial charge is 0.234 e. The van der Waals surface area contributed by atoms with Gasteiger partial charge in [-0.25, -0.2) is 0 Å². The molecule has 0 saturated heterocycles. The molecule has 18 heavy (non-hydrogen) atoms. The Morgan fingerprint density at radius 1 is 1.00 bits per heavy atom. The van der Waals surface area contributed by atoms with E-state index in [2.05, 4.69) is 12.2 Å². The van der Waals surface area contributed by atoms with Crippen LogP contribution in [0.2, 0.25) is 0 Å². The molecule has 0 saturated carbocycles. The minimum atomic E-state index is -0.232. The summed E-state index contributed by atoms with van der Waals surface area (Å²) in [6.07, 6.45) is 10.5. The molecule has 3 N–H and O–H groups in total. The normalized spacial score (nSPS) is 12.9. The number of primary amides is 1. The molecular formula is C15H32N2O. The molecule has 0 spiro atoms. The van der Waals surface area contributed by atoms with Gasteiger partial charge in [0.15, 0.2) is 0 Å². The number of hydrogen-bond donors (Lipinski definition) is 2. The van der Waals surface area contributed by atoms with Gasteiger partial charge in [-0.1, -0.05) is 65.7 Å². The summed E-state index contributed by atoms with van der Waals surface area (Å²) in [6.45, 7) is 7.20. The van der Waals surface area contributed by atoms with Crippen LogP contribution < -0.4 is 11.1 Å². The lowest BCUT2D eigenvalue weighted by molar-refractivity contribution is -0.121. The van der Waals surface area contributed by atoms with Crippen molar-refractivity contribution in [1.29, 1.82) is 0 Å². The van der Waals surface area contributed by atoms with Crippen LogP contribution in [0.15, 0.2) is 0 Å². The molecule has 0 bridgehead atoms. The number of unbranched alkanes of at least 4 members (excludes halogenated alkanes) is 7. The molecule has 0 aliphatic rings. The van der Waals surface area contributed by atoms with E-state index in [0.717, 1.165) is 13.0 Å². The third kappa shape index (κ3) is 9.46. The van der Waals surface area contributed by atoms with Gasteiger partial charge < -0.3 is 11.1 Å². The van der Waals surface area contributed by atoms with E-state index in [-0.39, 0.29) is 17.9 Å². The summed E-state index contributed by atoms with van der Waals surface area (Å²) < 4.78 is 0. The van der Waals surface area contributed by atoms with Crippen LogP contribution in [0.1, 0.15) is 72.1 Å². The quantitative estimate of drug-likeness (QED) is 0.527. The minimum Gasteiger partial charge on any atom is -0.368 e. The molecule has 0 rings (SSSR count). The second-order valence-corrected chi connectivity index (χ2v) is 5.55. The zero-order valence-electron chi connectivity index (χ0n) is 12.5. The average molecular weight is 256 g/mol. The Morgan fingerprint density at radius 2 is 1.50 bits per heavy atom. The molecule has 0 aliphatic carbocycles. The first-order valence-corrected chi connectivity index (χ1v) is 7.62. The van der Waals surface area contributed by atoms with E-state index < -0.39 is 0 Å². The Balaban J connectivity index is 3.36. The van der Waals surface area contributed by atoms with Gasteiger partial charge >= 0.3 is 0 Å². The lowest BCUT2D eigenvalue weighted by Crippen LogP contribution is -2.45. The van der Waals surface area contributed by atoms with Crippen molar-refractivity contribution in [2.45, 2.75) is 78.2 Å². The van der Waals surface area contributed by atoms with E-state index in [9.17, 15) is 4.79 Å². The average Bonchev–Trinajstić information content (AvgIpc) is 2.30. The van der Waals surface area contributed by atoms with Crippen molar-refractivity contribution in [3.8, 4) is 0 Å². The zero-order valence-corrected chi connectivity index (χ0v) is 12.5. The van der Waals surface area contributed by atoms with Crippen molar-refractivity contribution in [3.63, 3.8) is 0 Å². The molecule has 0 aliphatic heterocycles. The Labute approximate surface area is 113 Å². The van der Waals surface area contributed by atoms with Crippen LogP contribution in [0, 0.1) is 5.92 Å². The highest BCUT2D eigenvalue weighted by atomic mass is 16.1. The third-order valence-electron chi connectivity index (χ3n) is 3.37. The maximum atomic E-state index is 11.2. The first kappa shape index (κ1) is 17.4. The number of carbonyl (C=O) groups excluding carboxylic acids is 1. The fourth-order valence-corrected chi connectivity index (χ4v) is 2.18. The maximum Gasteiger partial charge on any atom is 0.234 e. The van der Waals surface area contributed by atoms with Gasteiger partial charge in [-0.05, 0) is 18.9 Å². The van der Waals surface area contributed by atoms with Gasteiger partial charge in [0.25, 0.3) is 0 Å². The van der Waals surface area contributed by atoms with E-state index in [1.165, 1.54) is 44.9 Å². The molecule has 1 unspecified atom stereocenters. The topological polar surface area (TPSA) is 55.1 Å². The molecule has 0 aromatic rings. The van der Waals surface area contributed by atoms with Crippen LogP contribution in [0.5, 0.6) is 0 Å². The van der Waals surface area contributed by atoms with Gasteiger partial charge in [0.05, 0.1) is 6.04 Å². The largest absolute Gasteiger partial charge is 0.368 e. The van der Waals surface area contributed by atoms with Gasteiger partial charge in [0, 0.05) is 0 Å². The summed E-state index contributed by atoms with van der Waals surface area (Å²) in [7, 11) is 0. The van der Waals surface area contributed by atoms with Gasteiger partial charge in [0.1, 0.15) is 0 Å². The van der Waals surface area contributed by atoms with E-state index in [4.69, 9.17) is 5.73 Å². The summed E-state index contributed by atoms with van der Waals surface area (Å²) in [4.78, 5) is 11.2. The Morgan fingerprint density at radius 3 is 1.94 bits per heavy atom. The van der Waals surface area contributed by atoms with Crippen molar-refractivity contribution >= 4 is 5.91 Å². The first-order valence-electron chi connectivity index (χ1n) is 7.62. The fraction of sp³-hybridized carbons (Fsp3) is 0.933. The van der Waals surface area contributed by atoms with E-state index >= 15 is 0 Å². The summed E-state index contributed by atoms with van der Waals surface area (Å²) in [6, 6.07) is -0.172. The van der Waals surface area contributed by atoms with Gasteiger partial charge in [-0.3, -0.25) is 4.79 Å². The first-order chi connectivity index (χ1) is 8.59. The van der Waals surface area contributed by atoms with Gasteiger partial charge in [-0.2, -0.15) is 0 Å². The third-order valence-corrected chi connectivity index (χ3v) is 3.37. The monoisotopic (exact) mass is 256 g/mol. The van der Waals surface area contributed by atoms with Gasteiger partial charge in [-0.15, -0.1) is 0 Å². The lowest BCUT2D eigenvalue weighted by atomic mass is 10.0. The number of nitrogens with one attached hydrogen (secondary N) is 1. The molecule has 3 heteroatoms. The number of carbonyl (C=O) groups is 1. The predicted octanol–water partition coefficient (Wildman–Crippen LogP) is 3.23.